The van der Waals surface area contributed by atoms with Crippen LogP contribution in [0.15, 0.2) is 18.2 Å². The van der Waals surface area contributed by atoms with Crippen molar-refractivity contribution in [1.29, 1.82) is 0 Å². The number of hydrogen-bond donors (Lipinski definition) is 3. The zero-order valence-electron chi connectivity index (χ0n) is 11.2. The Kier molecular flexibility index (Phi) is 6.08. The summed E-state index contributed by atoms with van der Waals surface area (Å²) in [6.45, 7) is 0.517. The molecule has 0 aliphatic carbocycles. The number of ether oxygens (including phenoxy) is 1. The second kappa shape index (κ2) is 7.56. The molecule has 110 valence electrons. The number of hydrogen-bond acceptors (Lipinski definition) is 4. The van der Waals surface area contributed by atoms with E-state index in [0.717, 1.165) is 6.07 Å². The molecular formula is C13H18FN3O3. The molecule has 0 aliphatic heterocycles. The first-order valence-electron chi connectivity index (χ1n) is 6.10. The highest BCUT2D eigenvalue weighted by Crippen LogP contribution is 2.14. The van der Waals surface area contributed by atoms with E-state index in [1.807, 2.05) is 0 Å². The minimum absolute atomic E-state index is 0.271. The summed E-state index contributed by atoms with van der Waals surface area (Å²) in [5.41, 5.74) is 10.7. The van der Waals surface area contributed by atoms with Crippen LogP contribution in [-0.2, 0) is 9.53 Å². The molecule has 0 spiro atoms. The zero-order valence-corrected chi connectivity index (χ0v) is 11.2. The topological polar surface area (TPSA) is 107 Å². The molecule has 5 N–H and O–H groups in total. The molecular weight excluding hydrogens is 265 g/mol. The molecule has 0 radical (unpaired) electrons. The molecule has 0 saturated carbocycles. The van der Waals surface area contributed by atoms with E-state index >= 15 is 0 Å². The van der Waals surface area contributed by atoms with Crippen LogP contribution in [0.4, 0.5) is 10.1 Å². The molecule has 0 fully saturated rings. The first kappa shape index (κ1) is 16.1. The van der Waals surface area contributed by atoms with Gasteiger partial charge in [-0.2, -0.15) is 0 Å². The lowest BCUT2D eigenvalue weighted by Gasteiger charge is -2.12. The highest BCUT2D eigenvalue weighted by molar-refractivity contribution is 5.98. The number of halogens is 1. The number of carbonyl (C=O) groups is 2. The van der Waals surface area contributed by atoms with Gasteiger partial charge in [-0.05, 0) is 31.0 Å². The third-order valence-electron chi connectivity index (χ3n) is 2.70. The minimum Gasteiger partial charge on any atom is -0.385 e. The van der Waals surface area contributed by atoms with Crippen LogP contribution in [0, 0.1) is 5.82 Å². The lowest BCUT2D eigenvalue weighted by Crippen LogP contribution is -2.35. The number of rotatable bonds is 7. The van der Waals surface area contributed by atoms with Crippen LogP contribution in [0.1, 0.15) is 23.2 Å². The number of nitrogens with one attached hydrogen (secondary N) is 1. The van der Waals surface area contributed by atoms with Gasteiger partial charge in [0.15, 0.2) is 0 Å². The summed E-state index contributed by atoms with van der Waals surface area (Å²) in [5, 5.41) is 2.51. The number of amides is 2. The van der Waals surface area contributed by atoms with Crippen LogP contribution >= 0.6 is 0 Å². The van der Waals surface area contributed by atoms with E-state index < -0.39 is 23.7 Å². The van der Waals surface area contributed by atoms with Gasteiger partial charge in [0.2, 0.25) is 5.91 Å². The predicted octanol–water partition coefficient (Wildman–Crippen LogP) is 0.617. The monoisotopic (exact) mass is 283 g/mol. The van der Waals surface area contributed by atoms with Crippen molar-refractivity contribution in [3.63, 3.8) is 0 Å². The van der Waals surface area contributed by atoms with Gasteiger partial charge in [0, 0.05) is 19.4 Å². The maximum Gasteiger partial charge on any atom is 0.251 e. The molecule has 0 aromatic heterocycles. The molecule has 1 atom stereocenters. The SMILES string of the molecule is COCCCC(N)C(=O)Nc1ccc(F)c(C(N)=O)c1. The van der Waals surface area contributed by atoms with Crippen molar-refractivity contribution >= 4 is 17.5 Å². The summed E-state index contributed by atoms with van der Waals surface area (Å²) in [7, 11) is 1.56. The van der Waals surface area contributed by atoms with Crippen LogP contribution in [0.5, 0.6) is 0 Å². The highest BCUT2D eigenvalue weighted by Gasteiger charge is 2.15. The second-order valence-corrected chi connectivity index (χ2v) is 4.29. The normalized spacial score (nSPS) is 11.9. The van der Waals surface area contributed by atoms with Gasteiger partial charge in [-0.3, -0.25) is 9.59 Å². The summed E-state index contributed by atoms with van der Waals surface area (Å²) in [4.78, 5) is 22.8. The van der Waals surface area contributed by atoms with Crippen molar-refractivity contribution in [2.24, 2.45) is 11.5 Å². The van der Waals surface area contributed by atoms with E-state index in [-0.39, 0.29) is 11.3 Å². The quantitative estimate of drug-likeness (QED) is 0.637. The van der Waals surface area contributed by atoms with E-state index in [0.29, 0.717) is 19.4 Å². The highest BCUT2D eigenvalue weighted by atomic mass is 19.1. The Morgan fingerprint density at radius 1 is 1.45 bits per heavy atom. The molecule has 1 unspecified atom stereocenters. The molecule has 1 aromatic carbocycles. The lowest BCUT2D eigenvalue weighted by atomic mass is 10.1. The molecule has 6 nitrogen and oxygen atoms in total. The first-order valence-corrected chi connectivity index (χ1v) is 6.10. The summed E-state index contributed by atoms with van der Waals surface area (Å²) < 4.78 is 18.1. The average Bonchev–Trinajstić information content (AvgIpc) is 2.40. The minimum atomic E-state index is -0.900. The number of primary amides is 1. The molecule has 0 heterocycles. The third-order valence-corrected chi connectivity index (χ3v) is 2.70. The molecule has 0 saturated heterocycles. The fourth-order valence-electron chi connectivity index (χ4n) is 1.61. The van der Waals surface area contributed by atoms with Crippen molar-refractivity contribution in [1.82, 2.24) is 0 Å². The van der Waals surface area contributed by atoms with E-state index in [4.69, 9.17) is 16.2 Å². The Morgan fingerprint density at radius 2 is 2.15 bits per heavy atom. The van der Waals surface area contributed by atoms with Gasteiger partial charge in [-0.25, -0.2) is 4.39 Å². The van der Waals surface area contributed by atoms with Gasteiger partial charge in [0.1, 0.15) is 5.82 Å². The first-order chi connectivity index (χ1) is 9.45. The number of carbonyl (C=O) groups excluding carboxylic acids is 2. The summed E-state index contributed by atoms with van der Waals surface area (Å²) in [6.07, 6.45) is 1.12. The lowest BCUT2D eigenvalue weighted by molar-refractivity contribution is -0.117. The molecule has 2 amide bonds. The van der Waals surface area contributed by atoms with Crippen molar-refractivity contribution < 1.29 is 18.7 Å². The van der Waals surface area contributed by atoms with Crippen LogP contribution in [0.3, 0.4) is 0 Å². The Hall–Kier alpha value is -1.99. The smallest absolute Gasteiger partial charge is 0.251 e. The third kappa shape index (κ3) is 4.60. The van der Waals surface area contributed by atoms with E-state index in [1.165, 1.54) is 12.1 Å². The Balaban J connectivity index is 2.66. The fourth-order valence-corrected chi connectivity index (χ4v) is 1.61. The number of methoxy groups -OCH3 is 1. The molecule has 0 aliphatic rings. The van der Waals surface area contributed by atoms with Crippen LogP contribution < -0.4 is 16.8 Å². The van der Waals surface area contributed by atoms with Crippen molar-refractivity contribution in [2.75, 3.05) is 19.0 Å². The van der Waals surface area contributed by atoms with Gasteiger partial charge >= 0.3 is 0 Å². The number of benzene rings is 1. The number of anilines is 1. The second-order valence-electron chi connectivity index (χ2n) is 4.29. The van der Waals surface area contributed by atoms with Gasteiger partial charge in [0.25, 0.3) is 5.91 Å². The maximum atomic E-state index is 13.3. The molecule has 1 rings (SSSR count). The van der Waals surface area contributed by atoms with Crippen molar-refractivity contribution in [3.05, 3.63) is 29.6 Å². The Bertz CT molecular complexity index is 494. The number of nitrogens with two attached hydrogens (primary N) is 2. The molecule has 1 aromatic rings. The van der Waals surface area contributed by atoms with Gasteiger partial charge < -0.3 is 21.5 Å². The zero-order chi connectivity index (χ0) is 15.1. The largest absolute Gasteiger partial charge is 0.385 e. The van der Waals surface area contributed by atoms with Gasteiger partial charge in [-0.15, -0.1) is 0 Å². The Morgan fingerprint density at radius 3 is 2.75 bits per heavy atom. The average molecular weight is 283 g/mol. The van der Waals surface area contributed by atoms with Gasteiger partial charge in [0.05, 0.1) is 11.6 Å². The standard InChI is InChI=1S/C13H18FN3O3/c1-20-6-2-3-11(15)13(19)17-8-4-5-10(14)9(7-8)12(16)18/h4-5,7,11H,2-3,6,15H2,1H3,(H2,16,18)(H,17,19). The molecule has 20 heavy (non-hydrogen) atoms. The molecule has 7 heteroatoms. The van der Waals surface area contributed by atoms with E-state index in [2.05, 4.69) is 5.32 Å². The van der Waals surface area contributed by atoms with Crippen LogP contribution in [-0.4, -0.2) is 31.6 Å². The van der Waals surface area contributed by atoms with Gasteiger partial charge in [-0.1, -0.05) is 0 Å². The summed E-state index contributed by atoms with van der Waals surface area (Å²) in [6, 6.07) is 2.87. The van der Waals surface area contributed by atoms with E-state index in [1.54, 1.807) is 7.11 Å². The fraction of sp³-hybridized carbons (Fsp3) is 0.385. The van der Waals surface area contributed by atoms with Crippen molar-refractivity contribution in [3.8, 4) is 0 Å². The maximum absolute atomic E-state index is 13.3. The summed E-state index contributed by atoms with van der Waals surface area (Å²) in [5.74, 6) is -2.05. The van der Waals surface area contributed by atoms with Crippen molar-refractivity contribution in [2.45, 2.75) is 18.9 Å². The summed E-state index contributed by atoms with van der Waals surface area (Å²) >= 11 is 0. The predicted molar refractivity (Wildman–Crippen MR) is 72.6 cm³/mol. The molecule has 0 bridgehead atoms. The Labute approximate surface area is 116 Å². The van der Waals surface area contributed by atoms with Crippen LogP contribution in [0.25, 0.3) is 0 Å². The van der Waals surface area contributed by atoms with Crippen LogP contribution in [0.2, 0.25) is 0 Å². The van der Waals surface area contributed by atoms with E-state index in [9.17, 15) is 14.0 Å².